The predicted molar refractivity (Wildman–Crippen MR) is 132 cm³/mol. The number of benzene rings is 1. The van der Waals surface area contributed by atoms with Crippen LogP contribution in [0.1, 0.15) is 22.8 Å². The molecule has 6 rings (SSSR count). The molecule has 156 valence electrons. The first-order valence-corrected chi connectivity index (χ1v) is 10.5. The zero-order valence-corrected chi connectivity index (χ0v) is 17.4. The highest BCUT2D eigenvalue weighted by atomic mass is 16.1. The Hall–Kier alpha value is -4.80. The van der Waals surface area contributed by atoms with Gasteiger partial charge in [0.1, 0.15) is 0 Å². The lowest BCUT2D eigenvalue weighted by Crippen LogP contribution is -1.78. The zero-order chi connectivity index (χ0) is 22.2. The van der Waals surface area contributed by atoms with Gasteiger partial charge in [-0.2, -0.15) is 4.99 Å². The second-order valence-electron chi connectivity index (χ2n) is 7.81. The van der Waals surface area contributed by atoms with Crippen LogP contribution in [-0.2, 0) is 4.79 Å². The van der Waals surface area contributed by atoms with Gasteiger partial charge < -0.3 is 9.97 Å². The second-order valence-corrected chi connectivity index (χ2v) is 7.81. The summed E-state index contributed by atoms with van der Waals surface area (Å²) in [5.74, 6) is 0. The molecule has 0 aliphatic carbocycles. The Balaban J connectivity index is 1.68. The topological polar surface area (TPSA) is 86.8 Å². The Morgan fingerprint density at radius 1 is 0.636 bits per heavy atom. The SMILES string of the molecule is O=C=Nc1ccccc1-c1cc2cc3nc(cc4ccc(cc5nc(cc1[nH]2)C=C5)[nH]4)C=C3. The minimum Gasteiger partial charge on any atom is -0.355 e. The largest absolute Gasteiger partial charge is 0.355 e. The number of aliphatic imine (C=N–C) groups is 1. The molecule has 5 heterocycles. The van der Waals surface area contributed by atoms with Crippen LogP contribution >= 0.6 is 0 Å². The van der Waals surface area contributed by atoms with Crippen molar-refractivity contribution in [3.8, 4) is 11.1 Å². The van der Waals surface area contributed by atoms with Gasteiger partial charge in [0.15, 0.2) is 0 Å². The normalized spacial score (nSPS) is 12.0. The molecular formula is C27H17N5O. The van der Waals surface area contributed by atoms with Gasteiger partial charge in [0.05, 0.1) is 28.5 Å². The third-order valence-corrected chi connectivity index (χ3v) is 5.53. The quantitative estimate of drug-likeness (QED) is 0.251. The Kier molecular flexibility index (Phi) is 4.42. The van der Waals surface area contributed by atoms with Gasteiger partial charge in [-0.1, -0.05) is 18.2 Å². The van der Waals surface area contributed by atoms with Crippen molar-refractivity contribution in [2.24, 2.45) is 4.99 Å². The van der Waals surface area contributed by atoms with Crippen molar-refractivity contribution < 1.29 is 4.79 Å². The summed E-state index contributed by atoms with van der Waals surface area (Å²) in [5.41, 5.74) is 9.43. The minimum atomic E-state index is 0.564. The smallest absolute Gasteiger partial charge is 0.240 e. The van der Waals surface area contributed by atoms with Crippen LogP contribution in [0.2, 0.25) is 0 Å². The lowest BCUT2D eigenvalue weighted by atomic mass is 10.0. The number of isocyanates is 1. The van der Waals surface area contributed by atoms with Gasteiger partial charge in [-0.05, 0) is 72.8 Å². The summed E-state index contributed by atoms with van der Waals surface area (Å²) in [6, 6.07) is 21.6. The molecule has 0 saturated carbocycles. The monoisotopic (exact) mass is 427 g/mol. The fourth-order valence-corrected chi connectivity index (χ4v) is 4.09. The van der Waals surface area contributed by atoms with E-state index in [4.69, 9.17) is 9.97 Å². The molecule has 6 nitrogen and oxygen atoms in total. The predicted octanol–water partition coefficient (Wildman–Crippen LogP) is 6.29. The van der Waals surface area contributed by atoms with E-state index in [1.165, 1.54) is 0 Å². The van der Waals surface area contributed by atoms with E-state index in [1.54, 1.807) is 12.1 Å². The van der Waals surface area contributed by atoms with Gasteiger partial charge in [-0.3, -0.25) is 0 Å². The Morgan fingerprint density at radius 3 is 1.91 bits per heavy atom. The van der Waals surface area contributed by atoms with Crippen molar-refractivity contribution in [1.29, 1.82) is 0 Å². The summed E-state index contributed by atoms with van der Waals surface area (Å²) in [6.07, 6.45) is 9.60. The first kappa shape index (κ1) is 18.9. The molecule has 1 aromatic carbocycles. The highest BCUT2D eigenvalue weighted by molar-refractivity contribution is 5.92. The highest BCUT2D eigenvalue weighted by Crippen LogP contribution is 2.34. The molecule has 6 heteroatoms. The van der Waals surface area contributed by atoms with Gasteiger partial charge in [0.2, 0.25) is 6.08 Å². The molecule has 0 unspecified atom stereocenters. The van der Waals surface area contributed by atoms with Gasteiger partial charge in [0.25, 0.3) is 0 Å². The molecule has 0 amide bonds. The molecule has 0 saturated heterocycles. The van der Waals surface area contributed by atoms with E-state index >= 15 is 0 Å². The number of carbonyl (C=O) groups excluding carboxylic acids is 1. The van der Waals surface area contributed by atoms with Gasteiger partial charge >= 0.3 is 0 Å². The van der Waals surface area contributed by atoms with E-state index in [0.717, 1.165) is 56.0 Å². The van der Waals surface area contributed by atoms with Gasteiger partial charge in [-0.15, -0.1) is 0 Å². The van der Waals surface area contributed by atoms with E-state index in [2.05, 4.69) is 15.0 Å². The molecule has 3 aromatic heterocycles. The minimum absolute atomic E-state index is 0.564. The number of para-hydroxylation sites is 1. The van der Waals surface area contributed by atoms with E-state index < -0.39 is 0 Å². The molecule has 0 spiro atoms. The number of aromatic amines is 2. The summed E-state index contributed by atoms with van der Waals surface area (Å²) in [6.45, 7) is 0. The van der Waals surface area contributed by atoms with Crippen molar-refractivity contribution in [3.63, 3.8) is 0 Å². The van der Waals surface area contributed by atoms with E-state index in [0.29, 0.717) is 5.69 Å². The molecule has 33 heavy (non-hydrogen) atoms. The van der Waals surface area contributed by atoms with Crippen LogP contribution < -0.4 is 0 Å². The molecule has 2 aliphatic heterocycles. The summed E-state index contributed by atoms with van der Waals surface area (Å²) in [4.78, 5) is 31.2. The highest BCUT2D eigenvalue weighted by Gasteiger charge is 2.10. The van der Waals surface area contributed by atoms with Crippen molar-refractivity contribution in [2.45, 2.75) is 0 Å². The fourth-order valence-electron chi connectivity index (χ4n) is 4.09. The maximum Gasteiger partial charge on any atom is 0.240 e. The van der Waals surface area contributed by atoms with E-state index in [1.807, 2.05) is 85.0 Å². The summed E-state index contributed by atoms with van der Waals surface area (Å²) in [7, 11) is 0. The number of nitrogens with zero attached hydrogens (tertiary/aromatic N) is 3. The van der Waals surface area contributed by atoms with E-state index in [-0.39, 0.29) is 0 Å². The fraction of sp³-hybridized carbons (Fsp3) is 0. The second kappa shape index (κ2) is 7.71. The third kappa shape index (κ3) is 3.71. The molecule has 0 atom stereocenters. The number of aromatic nitrogens is 4. The summed E-state index contributed by atoms with van der Waals surface area (Å²) >= 11 is 0. The average Bonchev–Trinajstić information content (AvgIpc) is 3.60. The van der Waals surface area contributed by atoms with Crippen LogP contribution in [0.4, 0.5) is 5.69 Å². The first-order chi connectivity index (χ1) is 16.2. The standard InChI is InChI=1S/C27H17N5O/c33-16-28-26-4-2-1-3-24(26)25-14-23-13-21-8-7-19(30-21)11-17-5-6-18(29-17)12-20-9-10-22(31-20)15-27(25)32-23/h1-15,29,32H. The van der Waals surface area contributed by atoms with Gasteiger partial charge in [0, 0.05) is 33.2 Å². The van der Waals surface area contributed by atoms with Crippen LogP contribution in [0.5, 0.6) is 0 Å². The third-order valence-electron chi connectivity index (χ3n) is 5.53. The van der Waals surface area contributed by atoms with Crippen molar-refractivity contribution >= 4 is 58.1 Å². The molecule has 0 radical (unpaired) electrons. The first-order valence-electron chi connectivity index (χ1n) is 10.5. The van der Waals surface area contributed by atoms with Crippen LogP contribution in [0.25, 0.3) is 57.5 Å². The molecular weight excluding hydrogens is 410 g/mol. The van der Waals surface area contributed by atoms with Crippen LogP contribution in [0.3, 0.4) is 0 Å². The number of hydrogen-bond acceptors (Lipinski definition) is 4. The number of fused-ring (bicyclic) bond motifs is 8. The number of H-pyrrole nitrogens is 2. The summed E-state index contributed by atoms with van der Waals surface area (Å²) < 4.78 is 0. The average molecular weight is 427 g/mol. The lowest BCUT2D eigenvalue weighted by molar-refractivity contribution is 0.565. The number of hydrogen-bond donors (Lipinski definition) is 2. The Labute approximate surface area is 188 Å². The molecule has 8 bridgehead atoms. The number of rotatable bonds is 2. The van der Waals surface area contributed by atoms with Crippen molar-refractivity contribution in [3.05, 3.63) is 89.5 Å². The Bertz CT molecular complexity index is 1680. The molecule has 2 N–H and O–H groups in total. The zero-order valence-electron chi connectivity index (χ0n) is 17.4. The molecule has 0 fully saturated rings. The molecule has 2 aliphatic rings. The van der Waals surface area contributed by atoms with Gasteiger partial charge in [-0.25, -0.2) is 14.8 Å². The van der Waals surface area contributed by atoms with E-state index in [9.17, 15) is 4.79 Å². The van der Waals surface area contributed by atoms with Crippen LogP contribution in [0.15, 0.2) is 71.7 Å². The van der Waals surface area contributed by atoms with Crippen LogP contribution in [-0.4, -0.2) is 26.0 Å². The maximum atomic E-state index is 11.0. The van der Waals surface area contributed by atoms with Crippen LogP contribution in [0, 0.1) is 0 Å². The molecule has 4 aromatic rings. The lowest BCUT2D eigenvalue weighted by Gasteiger charge is -2.02. The Morgan fingerprint density at radius 2 is 1.24 bits per heavy atom. The number of nitrogens with one attached hydrogen (secondary N) is 2. The maximum absolute atomic E-state index is 11.0. The van der Waals surface area contributed by atoms with Crippen molar-refractivity contribution in [1.82, 2.24) is 19.9 Å². The van der Waals surface area contributed by atoms with Crippen molar-refractivity contribution in [2.75, 3.05) is 0 Å². The summed E-state index contributed by atoms with van der Waals surface area (Å²) in [5, 5.41) is 0.